The van der Waals surface area contributed by atoms with Gasteiger partial charge in [0.05, 0.1) is 11.0 Å². The summed E-state index contributed by atoms with van der Waals surface area (Å²) in [5.74, 6) is 1.24. The van der Waals surface area contributed by atoms with Crippen molar-refractivity contribution in [1.82, 2.24) is 19.5 Å². The third kappa shape index (κ3) is 2.82. The molecule has 1 atom stereocenters. The van der Waals surface area contributed by atoms with E-state index in [0.29, 0.717) is 17.8 Å². The van der Waals surface area contributed by atoms with Crippen molar-refractivity contribution in [3.05, 3.63) is 48.5 Å². The average Bonchev–Trinajstić information content (AvgIpc) is 3.08. The Kier molecular flexibility index (Phi) is 4.28. The summed E-state index contributed by atoms with van der Waals surface area (Å²) in [7, 11) is 0. The van der Waals surface area contributed by atoms with Crippen LogP contribution in [0.3, 0.4) is 0 Å². The molecule has 3 aromatic heterocycles. The van der Waals surface area contributed by atoms with Crippen molar-refractivity contribution < 1.29 is 5.11 Å². The summed E-state index contributed by atoms with van der Waals surface area (Å²) in [6.45, 7) is 6.01. The van der Waals surface area contributed by atoms with Crippen LogP contribution in [0.25, 0.3) is 33.1 Å². The molecule has 0 spiro atoms. The second-order valence-electron chi connectivity index (χ2n) is 7.07. The van der Waals surface area contributed by atoms with Crippen LogP contribution >= 0.6 is 0 Å². The van der Waals surface area contributed by atoms with E-state index < -0.39 is 6.23 Å². The number of anilines is 1. The van der Waals surface area contributed by atoms with Crippen molar-refractivity contribution in [2.45, 2.75) is 33.4 Å². The number of hydrogen-bond acceptors (Lipinski definition) is 5. The summed E-state index contributed by atoms with van der Waals surface area (Å²) >= 11 is 0. The number of aliphatic hydroxyl groups is 1. The highest BCUT2D eigenvalue weighted by Gasteiger charge is 2.22. The van der Waals surface area contributed by atoms with Gasteiger partial charge in [0.2, 0.25) is 0 Å². The number of aromatic nitrogens is 4. The van der Waals surface area contributed by atoms with E-state index in [0.717, 1.165) is 33.4 Å². The molecule has 0 aliphatic carbocycles. The molecule has 6 nitrogen and oxygen atoms in total. The monoisotopic (exact) mass is 361 g/mol. The lowest BCUT2D eigenvalue weighted by Crippen LogP contribution is -2.17. The van der Waals surface area contributed by atoms with E-state index >= 15 is 0 Å². The zero-order valence-corrected chi connectivity index (χ0v) is 15.7. The van der Waals surface area contributed by atoms with Gasteiger partial charge in [0, 0.05) is 24.2 Å². The highest BCUT2D eigenvalue weighted by molar-refractivity contribution is 6.07. The number of imidazole rings is 1. The largest absolute Gasteiger partial charge is 0.382 e. The molecule has 0 fully saturated rings. The highest BCUT2D eigenvalue weighted by Crippen LogP contribution is 2.34. The van der Waals surface area contributed by atoms with Crippen molar-refractivity contribution in [3.63, 3.8) is 0 Å². The number of benzene rings is 1. The number of rotatable bonds is 4. The molecule has 4 rings (SSSR count). The van der Waals surface area contributed by atoms with Gasteiger partial charge in [-0.1, -0.05) is 32.9 Å². The Labute approximate surface area is 157 Å². The second-order valence-corrected chi connectivity index (χ2v) is 7.07. The lowest BCUT2D eigenvalue weighted by Gasteiger charge is -2.20. The van der Waals surface area contributed by atoms with Gasteiger partial charge in [-0.25, -0.2) is 9.97 Å². The predicted molar refractivity (Wildman–Crippen MR) is 108 cm³/mol. The van der Waals surface area contributed by atoms with Gasteiger partial charge in [0.15, 0.2) is 5.82 Å². The number of fused-ring (bicyclic) bond motifs is 3. The molecule has 0 aliphatic heterocycles. The van der Waals surface area contributed by atoms with E-state index in [-0.39, 0.29) is 5.92 Å². The Bertz CT molecular complexity index is 1120. The fourth-order valence-corrected chi connectivity index (χ4v) is 3.48. The molecule has 3 N–H and O–H groups in total. The van der Waals surface area contributed by atoms with Crippen molar-refractivity contribution in [2.75, 3.05) is 5.73 Å². The first kappa shape index (κ1) is 17.4. The van der Waals surface area contributed by atoms with E-state index in [1.54, 1.807) is 12.4 Å². The SMILES string of the molecule is CCc1nc2c(N)nc3cc(-c4ccncc4)ccc3c2n1C(O)C(C)C. The van der Waals surface area contributed by atoms with Gasteiger partial charge in [0.25, 0.3) is 0 Å². The van der Waals surface area contributed by atoms with Crippen LogP contribution in [-0.4, -0.2) is 24.6 Å². The average molecular weight is 361 g/mol. The molecule has 1 aromatic carbocycles. The Hall–Kier alpha value is -2.99. The molecule has 1 unspecified atom stereocenters. The number of nitrogens with two attached hydrogens (primary N) is 1. The van der Waals surface area contributed by atoms with Gasteiger partial charge in [-0.15, -0.1) is 0 Å². The first-order chi connectivity index (χ1) is 13.0. The maximum absolute atomic E-state index is 10.8. The van der Waals surface area contributed by atoms with Crippen molar-refractivity contribution in [2.24, 2.45) is 5.92 Å². The minimum absolute atomic E-state index is 0.0493. The van der Waals surface area contributed by atoms with Gasteiger partial charge >= 0.3 is 0 Å². The number of nitrogens with zero attached hydrogens (tertiary/aromatic N) is 4. The molecule has 0 saturated carbocycles. The first-order valence-electron chi connectivity index (χ1n) is 9.19. The molecule has 0 bridgehead atoms. The molecule has 0 amide bonds. The highest BCUT2D eigenvalue weighted by atomic mass is 16.3. The predicted octanol–water partition coefficient (Wildman–Crippen LogP) is 3.94. The van der Waals surface area contributed by atoms with Crippen LogP contribution in [0.4, 0.5) is 5.82 Å². The number of pyridine rings is 2. The van der Waals surface area contributed by atoms with Gasteiger partial charge in [-0.05, 0) is 35.2 Å². The van der Waals surface area contributed by atoms with Crippen LogP contribution in [0.5, 0.6) is 0 Å². The van der Waals surface area contributed by atoms with Gasteiger partial charge in [0.1, 0.15) is 17.6 Å². The van der Waals surface area contributed by atoms with E-state index in [1.807, 2.05) is 49.6 Å². The van der Waals surface area contributed by atoms with Crippen LogP contribution in [0.1, 0.15) is 32.8 Å². The third-order valence-corrected chi connectivity index (χ3v) is 4.91. The summed E-state index contributed by atoms with van der Waals surface area (Å²) < 4.78 is 1.91. The molecular weight excluding hydrogens is 338 g/mol. The summed E-state index contributed by atoms with van der Waals surface area (Å²) in [6.07, 6.45) is 3.57. The third-order valence-electron chi connectivity index (χ3n) is 4.91. The Balaban J connectivity index is 2.04. The Morgan fingerprint density at radius 2 is 1.81 bits per heavy atom. The van der Waals surface area contributed by atoms with Gasteiger partial charge in [-0.3, -0.25) is 4.98 Å². The molecule has 6 heteroatoms. The van der Waals surface area contributed by atoms with E-state index in [9.17, 15) is 5.11 Å². The number of aliphatic hydroxyl groups excluding tert-OH is 1. The lowest BCUT2D eigenvalue weighted by molar-refractivity contribution is 0.0582. The molecule has 138 valence electrons. The van der Waals surface area contributed by atoms with E-state index in [2.05, 4.69) is 21.0 Å². The zero-order valence-electron chi connectivity index (χ0n) is 15.7. The molecule has 3 heterocycles. The molecule has 4 aromatic rings. The molecular formula is C21H23N5O. The number of aryl methyl sites for hydroxylation is 1. The topological polar surface area (TPSA) is 89.9 Å². The molecule has 27 heavy (non-hydrogen) atoms. The van der Waals surface area contributed by atoms with Gasteiger partial charge < -0.3 is 15.4 Å². The molecule has 0 radical (unpaired) electrons. The normalized spacial score (nSPS) is 12.9. The Morgan fingerprint density at radius 1 is 1.07 bits per heavy atom. The standard InChI is InChI=1S/C21H23N5O/c1-4-17-25-18-19(26(17)21(27)12(2)3)15-6-5-14(11-16(15)24-20(18)22)13-7-9-23-10-8-13/h5-12,21,27H,4H2,1-3H3,(H2,22,24). The maximum Gasteiger partial charge on any atom is 0.152 e. The minimum atomic E-state index is -0.671. The van der Waals surface area contributed by atoms with Crippen molar-refractivity contribution >= 4 is 27.8 Å². The van der Waals surface area contributed by atoms with E-state index in [1.165, 1.54) is 0 Å². The van der Waals surface area contributed by atoms with Crippen molar-refractivity contribution in [3.8, 4) is 11.1 Å². The van der Waals surface area contributed by atoms with Crippen LogP contribution in [0.2, 0.25) is 0 Å². The molecule has 0 saturated heterocycles. The number of nitrogen functional groups attached to an aromatic ring is 1. The second kappa shape index (κ2) is 6.63. The van der Waals surface area contributed by atoms with Crippen LogP contribution < -0.4 is 5.73 Å². The summed E-state index contributed by atoms with van der Waals surface area (Å²) in [6, 6.07) is 10.0. The van der Waals surface area contributed by atoms with Crippen LogP contribution in [0, 0.1) is 5.92 Å². The van der Waals surface area contributed by atoms with Crippen LogP contribution in [0.15, 0.2) is 42.7 Å². The maximum atomic E-state index is 10.8. The lowest BCUT2D eigenvalue weighted by atomic mass is 10.0. The zero-order chi connectivity index (χ0) is 19.1. The quantitative estimate of drug-likeness (QED) is 0.575. The first-order valence-corrected chi connectivity index (χ1v) is 9.19. The smallest absolute Gasteiger partial charge is 0.152 e. The van der Waals surface area contributed by atoms with Gasteiger partial charge in [-0.2, -0.15) is 0 Å². The minimum Gasteiger partial charge on any atom is -0.382 e. The van der Waals surface area contributed by atoms with E-state index in [4.69, 9.17) is 5.73 Å². The number of hydrogen-bond donors (Lipinski definition) is 2. The summed E-state index contributed by atoms with van der Waals surface area (Å²) in [5.41, 5.74) is 10.6. The summed E-state index contributed by atoms with van der Waals surface area (Å²) in [5, 5.41) is 11.8. The van der Waals surface area contributed by atoms with Crippen molar-refractivity contribution in [1.29, 1.82) is 0 Å². The summed E-state index contributed by atoms with van der Waals surface area (Å²) in [4.78, 5) is 13.3. The Morgan fingerprint density at radius 3 is 2.48 bits per heavy atom. The molecule has 0 aliphatic rings. The fourth-order valence-electron chi connectivity index (χ4n) is 3.48. The van der Waals surface area contributed by atoms with Crippen LogP contribution in [-0.2, 0) is 6.42 Å². The fraction of sp³-hybridized carbons (Fsp3) is 0.286.